The number of nitrogens with zero attached hydrogens (tertiary/aromatic N) is 1. The van der Waals surface area contributed by atoms with Gasteiger partial charge in [-0.2, -0.15) is 0 Å². The third-order valence-electron chi connectivity index (χ3n) is 6.38. The fourth-order valence-electron chi connectivity index (χ4n) is 4.23. The van der Waals surface area contributed by atoms with E-state index in [0.29, 0.717) is 29.9 Å². The minimum atomic E-state index is -0.0279. The quantitative estimate of drug-likeness (QED) is 0.241. The Labute approximate surface area is 202 Å². The third-order valence-corrected chi connectivity index (χ3v) is 6.38. The van der Waals surface area contributed by atoms with Gasteiger partial charge in [-0.1, -0.05) is 63.2 Å². The molecule has 0 atom stereocenters. The van der Waals surface area contributed by atoms with E-state index < -0.39 is 0 Å². The number of ketones is 1. The van der Waals surface area contributed by atoms with Crippen LogP contribution in [0, 0.1) is 0 Å². The Bertz CT molecular complexity index is 1220. The van der Waals surface area contributed by atoms with Gasteiger partial charge >= 0.3 is 0 Å². The van der Waals surface area contributed by atoms with Gasteiger partial charge in [0.25, 0.3) is 0 Å². The van der Waals surface area contributed by atoms with Gasteiger partial charge in [0.15, 0.2) is 5.78 Å². The van der Waals surface area contributed by atoms with Gasteiger partial charge in [-0.25, -0.2) is 0 Å². The van der Waals surface area contributed by atoms with Crippen LogP contribution in [0.5, 0.6) is 5.75 Å². The number of hydrogen-bond acceptors (Lipinski definition) is 4. The molecule has 176 valence electrons. The van der Waals surface area contributed by atoms with Gasteiger partial charge in [-0.3, -0.25) is 4.79 Å². The maximum absolute atomic E-state index is 13.6. The molecule has 0 aliphatic heterocycles. The molecule has 0 spiro atoms. The van der Waals surface area contributed by atoms with Gasteiger partial charge in [-0.05, 0) is 61.0 Å². The molecule has 1 heterocycles. The number of para-hydroxylation sites is 1. The summed E-state index contributed by atoms with van der Waals surface area (Å²) in [6.07, 6.45) is 1.58. The summed E-state index contributed by atoms with van der Waals surface area (Å²) < 4.78 is 12.1. The smallest absolute Gasteiger partial charge is 0.197 e. The van der Waals surface area contributed by atoms with Crippen LogP contribution in [0.4, 0.5) is 0 Å². The first-order chi connectivity index (χ1) is 16.6. The van der Waals surface area contributed by atoms with E-state index in [9.17, 15) is 4.79 Å². The van der Waals surface area contributed by atoms with Crippen molar-refractivity contribution in [3.05, 3.63) is 101 Å². The predicted octanol–water partition coefficient (Wildman–Crippen LogP) is 6.54. The van der Waals surface area contributed by atoms with Gasteiger partial charge in [0.1, 0.15) is 23.7 Å². The monoisotopic (exact) mass is 455 g/mol. The Kier molecular flexibility index (Phi) is 7.81. The highest BCUT2D eigenvalue weighted by Crippen LogP contribution is 2.30. The van der Waals surface area contributed by atoms with Crippen molar-refractivity contribution in [3.63, 3.8) is 0 Å². The molecule has 0 aliphatic carbocycles. The number of likely N-dealkylation sites (N-methyl/N-ethyl adjacent to an activating group) is 1. The van der Waals surface area contributed by atoms with Gasteiger partial charge in [0.2, 0.25) is 0 Å². The van der Waals surface area contributed by atoms with E-state index in [2.05, 4.69) is 49.9 Å². The molecule has 3 aromatic carbocycles. The molecular formula is C30H33NO3. The van der Waals surface area contributed by atoms with Crippen LogP contribution in [-0.2, 0) is 12.8 Å². The third kappa shape index (κ3) is 5.40. The Morgan fingerprint density at radius 3 is 2.21 bits per heavy atom. The van der Waals surface area contributed by atoms with Crippen molar-refractivity contribution in [1.29, 1.82) is 0 Å². The number of carbonyl (C=O) groups is 1. The molecule has 0 bridgehead atoms. The van der Waals surface area contributed by atoms with E-state index in [1.54, 1.807) is 0 Å². The van der Waals surface area contributed by atoms with Gasteiger partial charge in [0, 0.05) is 23.9 Å². The maximum Gasteiger partial charge on any atom is 0.197 e. The molecule has 0 saturated carbocycles. The average Bonchev–Trinajstić information content (AvgIpc) is 3.25. The van der Waals surface area contributed by atoms with E-state index >= 15 is 0 Å². The standard InChI is InChI=1S/C30H33NO3/c1-4-22-11-13-23(14-12-22)21-28-29(26-9-7-8-10-27(26)34-28)30(32)24-15-17-25(18-16-24)33-20-19-31(5-2)6-3/h7-18H,4-6,19-21H2,1-3H3. The van der Waals surface area contributed by atoms with E-state index in [4.69, 9.17) is 9.15 Å². The summed E-state index contributed by atoms with van der Waals surface area (Å²) in [5.41, 5.74) is 4.43. The van der Waals surface area contributed by atoms with E-state index in [0.717, 1.165) is 48.3 Å². The van der Waals surface area contributed by atoms with Crippen LogP contribution in [0.25, 0.3) is 11.0 Å². The summed E-state index contributed by atoms with van der Waals surface area (Å²) in [5.74, 6) is 1.45. The second kappa shape index (κ2) is 11.2. The number of furan rings is 1. The molecule has 4 aromatic rings. The molecule has 0 unspecified atom stereocenters. The molecular weight excluding hydrogens is 422 g/mol. The van der Waals surface area contributed by atoms with Crippen molar-refractivity contribution in [2.24, 2.45) is 0 Å². The fraction of sp³-hybridized carbons (Fsp3) is 0.300. The summed E-state index contributed by atoms with van der Waals surface area (Å²) in [7, 11) is 0. The lowest BCUT2D eigenvalue weighted by atomic mass is 9.97. The van der Waals surface area contributed by atoms with E-state index in [1.165, 1.54) is 5.56 Å². The highest BCUT2D eigenvalue weighted by atomic mass is 16.5. The molecule has 0 aliphatic rings. The first kappa shape index (κ1) is 23.8. The van der Waals surface area contributed by atoms with Gasteiger partial charge in [0.05, 0.1) is 5.56 Å². The highest BCUT2D eigenvalue weighted by molar-refractivity contribution is 6.16. The number of carbonyl (C=O) groups excluding carboxylic acids is 1. The average molecular weight is 456 g/mol. The lowest BCUT2D eigenvalue weighted by molar-refractivity contribution is 0.103. The van der Waals surface area contributed by atoms with Crippen LogP contribution in [-0.4, -0.2) is 36.9 Å². The second-order valence-corrected chi connectivity index (χ2v) is 8.47. The molecule has 0 amide bonds. The van der Waals surface area contributed by atoms with Crippen LogP contribution in [0.1, 0.15) is 53.6 Å². The molecule has 0 N–H and O–H groups in total. The first-order valence-corrected chi connectivity index (χ1v) is 12.2. The number of ether oxygens (including phenoxy) is 1. The molecule has 4 rings (SSSR count). The topological polar surface area (TPSA) is 42.7 Å². The fourth-order valence-corrected chi connectivity index (χ4v) is 4.23. The van der Waals surface area contributed by atoms with Crippen molar-refractivity contribution in [2.45, 2.75) is 33.6 Å². The van der Waals surface area contributed by atoms with E-state index in [1.807, 2.05) is 48.5 Å². The predicted molar refractivity (Wildman–Crippen MR) is 138 cm³/mol. The number of rotatable bonds is 11. The Morgan fingerprint density at radius 1 is 0.853 bits per heavy atom. The number of fused-ring (bicyclic) bond motifs is 1. The molecule has 0 radical (unpaired) electrons. The minimum absolute atomic E-state index is 0.0279. The summed E-state index contributed by atoms with van der Waals surface area (Å²) in [4.78, 5) is 15.9. The van der Waals surface area contributed by atoms with Crippen LogP contribution in [0.15, 0.2) is 77.2 Å². The highest BCUT2D eigenvalue weighted by Gasteiger charge is 2.22. The normalized spacial score (nSPS) is 11.3. The molecule has 0 fully saturated rings. The maximum atomic E-state index is 13.6. The van der Waals surface area contributed by atoms with Crippen molar-refractivity contribution in [3.8, 4) is 5.75 Å². The van der Waals surface area contributed by atoms with Gasteiger partial charge < -0.3 is 14.1 Å². The molecule has 1 aromatic heterocycles. The SMILES string of the molecule is CCc1ccc(Cc2oc3ccccc3c2C(=O)c2ccc(OCCN(CC)CC)cc2)cc1. The lowest BCUT2D eigenvalue weighted by Crippen LogP contribution is -2.27. The van der Waals surface area contributed by atoms with Gasteiger partial charge in [-0.15, -0.1) is 0 Å². The Balaban J connectivity index is 1.56. The Morgan fingerprint density at radius 2 is 1.53 bits per heavy atom. The number of benzene rings is 3. The zero-order valence-corrected chi connectivity index (χ0v) is 20.3. The Hall–Kier alpha value is -3.37. The van der Waals surface area contributed by atoms with Crippen molar-refractivity contribution in [2.75, 3.05) is 26.2 Å². The largest absolute Gasteiger partial charge is 0.492 e. The van der Waals surface area contributed by atoms with Crippen LogP contribution in [0.2, 0.25) is 0 Å². The molecule has 4 nitrogen and oxygen atoms in total. The summed E-state index contributed by atoms with van der Waals surface area (Å²) >= 11 is 0. The number of hydrogen-bond donors (Lipinski definition) is 0. The van der Waals surface area contributed by atoms with Crippen molar-refractivity contribution >= 4 is 16.8 Å². The summed E-state index contributed by atoms with van der Waals surface area (Å²) in [6, 6.07) is 23.7. The lowest BCUT2D eigenvalue weighted by Gasteiger charge is -2.18. The first-order valence-electron chi connectivity index (χ1n) is 12.2. The van der Waals surface area contributed by atoms with Crippen LogP contribution >= 0.6 is 0 Å². The van der Waals surface area contributed by atoms with Crippen molar-refractivity contribution in [1.82, 2.24) is 4.90 Å². The van der Waals surface area contributed by atoms with Crippen molar-refractivity contribution < 1.29 is 13.9 Å². The van der Waals surface area contributed by atoms with E-state index in [-0.39, 0.29) is 5.78 Å². The minimum Gasteiger partial charge on any atom is -0.492 e. The van der Waals surface area contributed by atoms with Crippen LogP contribution < -0.4 is 4.74 Å². The zero-order chi connectivity index (χ0) is 23.9. The molecule has 0 saturated heterocycles. The second-order valence-electron chi connectivity index (χ2n) is 8.47. The van der Waals surface area contributed by atoms with Crippen LogP contribution in [0.3, 0.4) is 0 Å². The molecule has 34 heavy (non-hydrogen) atoms. The zero-order valence-electron chi connectivity index (χ0n) is 20.3. The summed E-state index contributed by atoms with van der Waals surface area (Å²) in [5, 5.41) is 0.854. The molecule has 4 heteroatoms. The summed E-state index contributed by atoms with van der Waals surface area (Å²) in [6.45, 7) is 9.98. The number of aryl methyl sites for hydroxylation is 1.